The number of aromatic carboxylic acids is 1. The molecule has 12 heteroatoms. The molecule has 5 heterocycles. The summed E-state index contributed by atoms with van der Waals surface area (Å²) in [6, 6.07) is 6.49. The van der Waals surface area contributed by atoms with E-state index in [-0.39, 0.29) is 17.9 Å². The summed E-state index contributed by atoms with van der Waals surface area (Å²) < 4.78 is 0. The standard InChI is InChI=1S/C27H35N7O5/c35-24-6-4-22(26(37)31-24)30-25(36)21-3-2-20(16-28-21)33-13-11-32(12-14-33)17-18-7-9-34(10-8-18)23-5-1-19(15-29-23)27(38)39/h1-3,5,15-16,18,22,25,30,36H,4,6-14,17H2,(H,38,39)(H,31,35,37). The molecule has 5 rings (SSSR count). The number of pyridine rings is 2. The maximum absolute atomic E-state index is 11.9. The van der Waals surface area contributed by atoms with Gasteiger partial charge in [-0.2, -0.15) is 0 Å². The summed E-state index contributed by atoms with van der Waals surface area (Å²) in [5.74, 6) is -0.203. The molecule has 0 aromatic carbocycles. The monoisotopic (exact) mass is 537 g/mol. The summed E-state index contributed by atoms with van der Waals surface area (Å²) in [6.07, 6.45) is 4.86. The summed E-state index contributed by atoms with van der Waals surface area (Å²) in [6.45, 7) is 6.66. The molecule has 0 bridgehead atoms. The lowest BCUT2D eigenvalue weighted by Gasteiger charge is -2.39. The lowest BCUT2D eigenvalue weighted by atomic mass is 9.96. The first-order valence-electron chi connectivity index (χ1n) is 13.5. The summed E-state index contributed by atoms with van der Waals surface area (Å²) in [5, 5.41) is 24.7. The molecule has 4 N–H and O–H groups in total. The second-order valence-electron chi connectivity index (χ2n) is 10.4. The number of carboxylic acid groups (broad SMARTS) is 1. The van der Waals surface area contributed by atoms with E-state index in [1.807, 2.05) is 6.07 Å². The van der Waals surface area contributed by atoms with Crippen LogP contribution in [0.3, 0.4) is 0 Å². The van der Waals surface area contributed by atoms with E-state index in [0.29, 0.717) is 18.0 Å². The number of hydrogen-bond acceptors (Lipinski definition) is 10. The Kier molecular flexibility index (Phi) is 8.34. The van der Waals surface area contributed by atoms with Crippen molar-refractivity contribution in [2.75, 3.05) is 55.6 Å². The van der Waals surface area contributed by atoms with Crippen molar-refractivity contribution in [2.45, 2.75) is 38.0 Å². The predicted octanol–water partition coefficient (Wildman–Crippen LogP) is 0.599. The number of aliphatic hydroxyl groups is 1. The van der Waals surface area contributed by atoms with Gasteiger partial charge in [0.2, 0.25) is 11.8 Å². The van der Waals surface area contributed by atoms with E-state index >= 15 is 0 Å². The highest BCUT2D eigenvalue weighted by Gasteiger charge is 2.29. The first-order chi connectivity index (χ1) is 18.9. The van der Waals surface area contributed by atoms with E-state index in [1.54, 1.807) is 24.4 Å². The zero-order valence-corrected chi connectivity index (χ0v) is 21.8. The molecule has 2 unspecified atom stereocenters. The molecule has 3 saturated heterocycles. The van der Waals surface area contributed by atoms with Gasteiger partial charge in [0.1, 0.15) is 12.0 Å². The number of carbonyl (C=O) groups is 3. The Hall–Kier alpha value is -3.61. The minimum atomic E-state index is -1.09. The SMILES string of the molecule is O=C1CCC(NC(O)c2ccc(N3CCN(CC4CCN(c5ccc(C(=O)O)cn5)CC4)CC3)cn2)C(=O)N1. The molecule has 2 aromatic heterocycles. The topological polar surface area (TPSA) is 151 Å². The third kappa shape index (κ3) is 6.70. The molecule has 12 nitrogen and oxygen atoms in total. The minimum absolute atomic E-state index is 0.207. The van der Waals surface area contributed by atoms with Gasteiger partial charge in [0.15, 0.2) is 0 Å². The molecule has 0 saturated carbocycles. The molecule has 208 valence electrons. The molecule has 0 spiro atoms. The molecule has 2 atom stereocenters. The Labute approximate surface area is 227 Å². The maximum Gasteiger partial charge on any atom is 0.337 e. The summed E-state index contributed by atoms with van der Waals surface area (Å²) in [4.78, 5) is 50.1. The van der Waals surface area contributed by atoms with Gasteiger partial charge in [-0.15, -0.1) is 0 Å². The quantitative estimate of drug-likeness (QED) is 0.277. The van der Waals surface area contributed by atoms with Crippen molar-refractivity contribution in [3.63, 3.8) is 0 Å². The van der Waals surface area contributed by atoms with Gasteiger partial charge in [-0.3, -0.25) is 30.1 Å². The molecule has 3 aliphatic rings. The maximum atomic E-state index is 11.9. The molecular weight excluding hydrogens is 502 g/mol. The second-order valence-corrected chi connectivity index (χ2v) is 10.4. The number of piperazine rings is 1. The van der Waals surface area contributed by atoms with Crippen LogP contribution in [0.1, 0.15) is 48.0 Å². The number of aromatic nitrogens is 2. The van der Waals surface area contributed by atoms with Gasteiger partial charge in [0.25, 0.3) is 0 Å². The Bertz CT molecular complexity index is 1160. The second kappa shape index (κ2) is 12.1. The number of amides is 2. The zero-order chi connectivity index (χ0) is 27.4. The van der Waals surface area contributed by atoms with E-state index < -0.39 is 24.1 Å². The first-order valence-corrected chi connectivity index (χ1v) is 13.5. The Morgan fingerprint density at radius 2 is 1.74 bits per heavy atom. The van der Waals surface area contributed by atoms with Crippen LogP contribution in [0.15, 0.2) is 36.7 Å². The van der Waals surface area contributed by atoms with Gasteiger partial charge in [-0.05, 0) is 49.4 Å². The van der Waals surface area contributed by atoms with E-state index in [9.17, 15) is 19.5 Å². The third-order valence-electron chi connectivity index (χ3n) is 7.84. The molecule has 0 radical (unpaired) electrons. The lowest BCUT2D eigenvalue weighted by Crippen LogP contribution is -2.51. The predicted molar refractivity (Wildman–Crippen MR) is 143 cm³/mol. The number of nitrogens with one attached hydrogen (secondary N) is 2. The Morgan fingerprint density at radius 3 is 2.36 bits per heavy atom. The van der Waals surface area contributed by atoms with Crippen LogP contribution in [0.2, 0.25) is 0 Å². The van der Waals surface area contributed by atoms with E-state index in [0.717, 1.165) is 70.2 Å². The molecule has 3 aliphatic heterocycles. The number of anilines is 2. The van der Waals surface area contributed by atoms with Crippen molar-refractivity contribution in [2.24, 2.45) is 5.92 Å². The highest BCUT2D eigenvalue weighted by Crippen LogP contribution is 2.24. The van der Waals surface area contributed by atoms with E-state index in [4.69, 9.17) is 5.11 Å². The average Bonchev–Trinajstić information content (AvgIpc) is 2.95. The number of carboxylic acids is 1. The highest BCUT2D eigenvalue weighted by atomic mass is 16.4. The smallest absolute Gasteiger partial charge is 0.337 e. The van der Waals surface area contributed by atoms with Crippen LogP contribution < -0.4 is 20.4 Å². The number of piperidine rings is 2. The van der Waals surface area contributed by atoms with Crippen molar-refractivity contribution in [1.29, 1.82) is 0 Å². The summed E-state index contributed by atoms with van der Waals surface area (Å²) in [5.41, 5.74) is 1.64. The van der Waals surface area contributed by atoms with Crippen LogP contribution >= 0.6 is 0 Å². The van der Waals surface area contributed by atoms with E-state index in [2.05, 4.69) is 35.3 Å². The fourth-order valence-corrected chi connectivity index (χ4v) is 5.47. The van der Waals surface area contributed by atoms with Crippen molar-refractivity contribution in [3.8, 4) is 0 Å². The number of hydrogen-bond donors (Lipinski definition) is 4. The van der Waals surface area contributed by atoms with E-state index in [1.165, 1.54) is 6.20 Å². The van der Waals surface area contributed by atoms with Crippen LogP contribution in [0, 0.1) is 5.92 Å². The number of aliphatic hydroxyl groups excluding tert-OH is 1. The Balaban J connectivity index is 1.04. The largest absolute Gasteiger partial charge is 0.478 e. The van der Waals surface area contributed by atoms with Gasteiger partial charge in [0.05, 0.1) is 29.2 Å². The molecule has 2 aromatic rings. The minimum Gasteiger partial charge on any atom is -0.478 e. The van der Waals surface area contributed by atoms with Crippen LogP contribution in [0.5, 0.6) is 0 Å². The van der Waals surface area contributed by atoms with Gasteiger partial charge < -0.3 is 20.0 Å². The number of carbonyl (C=O) groups excluding carboxylic acids is 2. The molecular formula is C27H35N7O5. The van der Waals surface area contributed by atoms with Crippen LogP contribution in [-0.2, 0) is 9.59 Å². The fourth-order valence-electron chi connectivity index (χ4n) is 5.47. The zero-order valence-electron chi connectivity index (χ0n) is 21.8. The third-order valence-corrected chi connectivity index (χ3v) is 7.84. The Morgan fingerprint density at radius 1 is 0.974 bits per heavy atom. The van der Waals surface area contributed by atoms with Crippen LogP contribution in [-0.4, -0.2) is 94.7 Å². The normalized spacial score (nSPS) is 22.0. The highest BCUT2D eigenvalue weighted by molar-refractivity contribution is 6.00. The van der Waals surface area contributed by atoms with Crippen molar-refractivity contribution < 1.29 is 24.6 Å². The molecule has 2 amide bonds. The lowest BCUT2D eigenvalue weighted by molar-refractivity contribution is -0.135. The number of nitrogens with zero attached hydrogens (tertiary/aromatic N) is 5. The average molecular weight is 538 g/mol. The summed E-state index contributed by atoms with van der Waals surface area (Å²) >= 11 is 0. The van der Waals surface area contributed by atoms with Gasteiger partial charge in [-0.1, -0.05) is 0 Å². The van der Waals surface area contributed by atoms with Crippen molar-refractivity contribution in [3.05, 3.63) is 47.9 Å². The molecule has 0 aliphatic carbocycles. The number of rotatable bonds is 8. The first kappa shape index (κ1) is 27.0. The number of imide groups is 1. The molecule has 39 heavy (non-hydrogen) atoms. The van der Waals surface area contributed by atoms with Crippen LogP contribution in [0.4, 0.5) is 11.5 Å². The van der Waals surface area contributed by atoms with Crippen molar-refractivity contribution >= 4 is 29.3 Å². The van der Waals surface area contributed by atoms with Gasteiger partial charge in [-0.25, -0.2) is 9.78 Å². The fraction of sp³-hybridized carbons (Fsp3) is 0.519. The molecule has 3 fully saturated rings. The van der Waals surface area contributed by atoms with Crippen molar-refractivity contribution in [1.82, 2.24) is 25.5 Å². The summed E-state index contributed by atoms with van der Waals surface area (Å²) in [7, 11) is 0. The van der Waals surface area contributed by atoms with Gasteiger partial charge in [0, 0.05) is 58.4 Å². The van der Waals surface area contributed by atoms with Gasteiger partial charge >= 0.3 is 5.97 Å². The van der Waals surface area contributed by atoms with Crippen LogP contribution in [0.25, 0.3) is 0 Å².